The summed E-state index contributed by atoms with van der Waals surface area (Å²) in [5.41, 5.74) is 2.22. The van der Waals surface area contributed by atoms with Crippen LogP contribution in [-0.2, 0) is 37.4 Å². The Morgan fingerprint density at radius 3 is 2.56 bits per heavy atom. The van der Waals surface area contributed by atoms with Crippen LogP contribution >= 0.6 is 23.2 Å². The van der Waals surface area contributed by atoms with E-state index in [2.05, 4.69) is 15.6 Å². The van der Waals surface area contributed by atoms with Gasteiger partial charge in [-0.05, 0) is 54.3 Å². The fourth-order valence-corrected chi connectivity index (χ4v) is 7.00. The molecule has 9 nitrogen and oxygen atoms in total. The molecule has 2 spiro atoms. The van der Waals surface area contributed by atoms with Gasteiger partial charge in [-0.3, -0.25) is 24.3 Å². The summed E-state index contributed by atoms with van der Waals surface area (Å²) in [6.45, 7) is 0.534. The van der Waals surface area contributed by atoms with E-state index in [1.807, 2.05) is 30.3 Å². The Morgan fingerprint density at radius 1 is 1.02 bits per heavy atom. The number of aromatic nitrogens is 1. The zero-order chi connectivity index (χ0) is 28.4. The number of carbonyl (C=O) groups excluding carboxylic acids is 3. The first kappa shape index (κ1) is 26.1. The molecular formula is C30H25Cl2N5O4. The van der Waals surface area contributed by atoms with Crippen molar-refractivity contribution in [1.29, 1.82) is 0 Å². The van der Waals surface area contributed by atoms with E-state index in [1.165, 1.54) is 4.90 Å². The third-order valence-electron chi connectivity index (χ3n) is 8.49. The van der Waals surface area contributed by atoms with E-state index in [1.54, 1.807) is 24.4 Å². The number of rotatable bonds is 4. The fraction of sp³-hybridized carbons (Fsp3) is 0.300. The highest BCUT2D eigenvalue weighted by Gasteiger charge is 2.52. The lowest BCUT2D eigenvalue weighted by atomic mass is 9.79. The van der Waals surface area contributed by atoms with E-state index < -0.39 is 11.0 Å². The number of nitrogens with zero attached hydrogens (tertiary/aromatic N) is 3. The second kappa shape index (κ2) is 9.65. The molecule has 3 aromatic rings. The number of ether oxygens (including phenoxy) is 1. The van der Waals surface area contributed by atoms with Crippen molar-refractivity contribution in [2.75, 3.05) is 30.4 Å². The van der Waals surface area contributed by atoms with E-state index in [0.29, 0.717) is 66.0 Å². The summed E-state index contributed by atoms with van der Waals surface area (Å²) >= 11 is 13.0. The second-order valence-corrected chi connectivity index (χ2v) is 11.7. The van der Waals surface area contributed by atoms with Crippen LogP contribution in [0.2, 0.25) is 10.0 Å². The normalized spacial score (nSPS) is 22.1. The van der Waals surface area contributed by atoms with Gasteiger partial charge in [0.1, 0.15) is 23.7 Å². The highest BCUT2D eigenvalue weighted by molar-refractivity contribution is 6.41. The van der Waals surface area contributed by atoms with Crippen LogP contribution in [0.25, 0.3) is 0 Å². The van der Waals surface area contributed by atoms with Crippen molar-refractivity contribution in [1.82, 2.24) is 9.88 Å². The highest BCUT2D eigenvalue weighted by atomic mass is 35.5. The molecule has 208 valence electrons. The SMILES string of the molecule is O=C(CN1C(=O)C2(CCOCC2)N=C1c1c(Cl)cccc1Cl)Nc1ccc2c(c1)C[C@@]1(C2)C(=O)Nc2ncccc21. The molecule has 3 aliphatic heterocycles. The minimum atomic E-state index is -1.01. The van der Waals surface area contributed by atoms with Crippen molar-refractivity contribution in [2.24, 2.45) is 4.99 Å². The molecule has 3 amide bonds. The third-order valence-corrected chi connectivity index (χ3v) is 9.12. The smallest absolute Gasteiger partial charge is 0.256 e. The predicted octanol–water partition coefficient (Wildman–Crippen LogP) is 4.15. The molecule has 4 heterocycles. The minimum Gasteiger partial charge on any atom is -0.381 e. The van der Waals surface area contributed by atoms with E-state index in [-0.39, 0.29) is 30.1 Å². The maximum Gasteiger partial charge on any atom is 0.256 e. The van der Waals surface area contributed by atoms with Gasteiger partial charge in [-0.1, -0.05) is 41.4 Å². The first-order valence-corrected chi connectivity index (χ1v) is 14.2. The molecule has 0 bridgehead atoms. The Balaban J connectivity index is 1.13. The second-order valence-electron chi connectivity index (χ2n) is 10.9. The summed E-state index contributed by atoms with van der Waals surface area (Å²) in [5, 5.41) is 6.53. The van der Waals surface area contributed by atoms with Gasteiger partial charge in [-0.15, -0.1) is 0 Å². The molecule has 1 fully saturated rings. The van der Waals surface area contributed by atoms with Crippen molar-refractivity contribution >= 4 is 58.3 Å². The standard InChI is InChI=1S/C30H25Cl2N5O4/c31-21-4-1-5-22(32)24(21)26-36-30(8-11-41-12-9-30)28(40)37(26)16-23(38)34-19-7-6-17-14-29(15-18(17)13-19)20-3-2-10-33-25(20)35-27(29)39/h1-7,10,13H,8-9,11-12,14-16H2,(H,34,38)(H,33,35,39)/t29-/m1/s1. The Kier molecular flexibility index (Phi) is 6.15. The van der Waals surface area contributed by atoms with Gasteiger partial charge in [0, 0.05) is 43.5 Å². The molecular weight excluding hydrogens is 565 g/mol. The van der Waals surface area contributed by atoms with Crippen LogP contribution in [0.4, 0.5) is 11.5 Å². The number of halogens is 2. The average molecular weight is 590 g/mol. The summed E-state index contributed by atoms with van der Waals surface area (Å²) in [6, 6.07) is 14.5. The number of nitrogens with one attached hydrogen (secondary N) is 2. The van der Waals surface area contributed by atoms with Crippen LogP contribution < -0.4 is 10.6 Å². The van der Waals surface area contributed by atoms with Crippen LogP contribution in [0.15, 0.2) is 59.7 Å². The molecule has 7 rings (SSSR count). The van der Waals surface area contributed by atoms with Crippen molar-refractivity contribution < 1.29 is 19.1 Å². The fourth-order valence-electron chi connectivity index (χ4n) is 6.43. The lowest BCUT2D eigenvalue weighted by Gasteiger charge is -2.29. The predicted molar refractivity (Wildman–Crippen MR) is 155 cm³/mol. The number of anilines is 2. The zero-order valence-corrected chi connectivity index (χ0v) is 23.4. The van der Waals surface area contributed by atoms with Crippen molar-refractivity contribution in [3.63, 3.8) is 0 Å². The maximum atomic E-state index is 13.8. The zero-order valence-electron chi connectivity index (χ0n) is 21.9. The van der Waals surface area contributed by atoms with Crippen LogP contribution in [-0.4, -0.2) is 58.7 Å². The first-order valence-electron chi connectivity index (χ1n) is 13.4. The summed E-state index contributed by atoms with van der Waals surface area (Å²) in [5.74, 6) is 0.176. The Bertz CT molecular complexity index is 1650. The van der Waals surface area contributed by atoms with Gasteiger partial charge >= 0.3 is 0 Å². The maximum absolute atomic E-state index is 13.8. The van der Waals surface area contributed by atoms with Crippen LogP contribution in [0.5, 0.6) is 0 Å². The summed E-state index contributed by atoms with van der Waals surface area (Å²) < 4.78 is 5.49. The molecule has 1 aromatic heterocycles. The number of hydrogen-bond acceptors (Lipinski definition) is 6. The molecule has 11 heteroatoms. The van der Waals surface area contributed by atoms with Crippen LogP contribution in [0.3, 0.4) is 0 Å². The van der Waals surface area contributed by atoms with Gasteiger partial charge in [0.25, 0.3) is 5.91 Å². The topological polar surface area (TPSA) is 113 Å². The van der Waals surface area contributed by atoms with Crippen LogP contribution in [0, 0.1) is 0 Å². The molecule has 2 aromatic carbocycles. The van der Waals surface area contributed by atoms with E-state index >= 15 is 0 Å². The molecule has 1 aliphatic carbocycles. The van der Waals surface area contributed by atoms with Gasteiger partial charge in [0.2, 0.25) is 11.8 Å². The monoisotopic (exact) mass is 589 g/mol. The van der Waals surface area contributed by atoms with Crippen molar-refractivity contribution in [2.45, 2.75) is 36.6 Å². The number of pyridine rings is 1. The van der Waals surface area contributed by atoms with Gasteiger partial charge in [-0.2, -0.15) is 0 Å². The number of fused-ring (bicyclic) bond motifs is 3. The molecule has 1 atom stereocenters. The summed E-state index contributed by atoms with van der Waals surface area (Å²) in [6.07, 6.45) is 3.56. The van der Waals surface area contributed by atoms with E-state index in [0.717, 1.165) is 16.7 Å². The number of benzene rings is 2. The molecule has 2 N–H and O–H groups in total. The Labute approximate surface area is 245 Å². The average Bonchev–Trinajstić information content (AvgIpc) is 3.55. The number of aliphatic imine (C=N–C) groups is 1. The van der Waals surface area contributed by atoms with E-state index in [4.69, 9.17) is 32.9 Å². The van der Waals surface area contributed by atoms with Crippen LogP contribution in [0.1, 0.15) is 35.1 Å². The van der Waals surface area contributed by atoms with Gasteiger partial charge in [0.05, 0.1) is 21.0 Å². The molecule has 41 heavy (non-hydrogen) atoms. The molecule has 1 saturated heterocycles. The first-order chi connectivity index (χ1) is 19.8. The number of carbonyl (C=O) groups is 3. The number of amidine groups is 1. The Hall–Kier alpha value is -3.79. The Morgan fingerprint density at radius 2 is 1.78 bits per heavy atom. The largest absolute Gasteiger partial charge is 0.381 e. The van der Waals surface area contributed by atoms with Gasteiger partial charge in [-0.25, -0.2) is 4.98 Å². The lowest BCUT2D eigenvalue weighted by Crippen LogP contribution is -2.48. The molecule has 4 aliphatic rings. The molecule has 0 radical (unpaired) electrons. The quantitative estimate of drug-likeness (QED) is 0.474. The summed E-state index contributed by atoms with van der Waals surface area (Å²) in [4.78, 5) is 50.7. The van der Waals surface area contributed by atoms with Gasteiger partial charge < -0.3 is 15.4 Å². The van der Waals surface area contributed by atoms with Crippen molar-refractivity contribution in [3.8, 4) is 0 Å². The molecule has 0 unspecified atom stereocenters. The lowest BCUT2D eigenvalue weighted by molar-refractivity contribution is -0.136. The number of hydrogen-bond donors (Lipinski definition) is 2. The number of amides is 3. The third kappa shape index (κ3) is 4.14. The minimum absolute atomic E-state index is 0.0624. The van der Waals surface area contributed by atoms with E-state index in [9.17, 15) is 14.4 Å². The molecule has 0 saturated carbocycles. The van der Waals surface area contributed by atoms with Crippen molar-refractivity contribution in [3.05, 3.63) is 87.0 Å². The summed E-state index contributed by atoms with van der Waals surface area (Å²) in [7, 11) is 0. The highest BCUT2D eigenvalue weighted by Crippen LogP contribution is 2.47. The van der Waals surface area contributed by atoms with Gasteiger partial charge in [0.15, 0.2) is 0 Å².